The number of nitrogens with one attached hydrogen (secondary N) is 1. The number of amides is 1. The molecule has 1 N–H and O–H groups in total. The maximum absolute atomic E-state index is 11.3. The first kappa shape index (κ1) is 10.8. The zero-order valence-electron chi connectivity index (χ0n) is 8.68. The normalized spacial score (nSPS) is 22.5. The molecule has 1 fully saturated rings. The summed E-state index contributed by atoms with van der Waals surface area (Å²) in [5.41, 5.74) is 1.16. The third-order valence-electron chi connectivity index (χ3n) is 2.42. The molecule has 2 atom stereocenters. The summed E-state index contributed by atoms with van der Waals surface area (Å²) in [5, 5.41) is 2.71. The molecule has 1 amide bonds. The second-order valence-corrected chi connectivity index (χ2v) is 3.62. The zero-order valence-corrected chi connectivity index (χ0v) is 8.68. The Morgan fingerprint density at radius 2 is 2.12 bits per heavy atom. The average Bonchev–Trinajstić information content (AvgIpc) is 3.09. The molecule has 83 valence electrons. The van der Waals surface area contributed by atoms with Gasteiger partial charge < -0.3 is 10.1 Å². The SMILES string of the molecule is O=[C]C1OC1C(=O)NCCc1ccccc1. The van der Waals surface area contributed by atoms with Gasteiger partial charge in [0.2, 0.25) is 6.29 Å². The van der Waals surface area contributed by atoms with E-state index in [0.717, 1.165) is 12.0 Å². The van der Waals surface area contributed by atoms with Crippen molar-refractivity contribution in [1.29, 1.82) is 0 Å². The van der Waals surface area contributed by atoms with Crippen LogP contribution in [-0.2, 0) is 20.7 Å². The van der Waals surface area contributed by atoms with Gasteiger partial charge in [-0.15, -0.1) is 0 Å². The lowest BCUT2D eigenvalue weighted by Crippen LogP contribution is -2.30. The summed E-state index contributed by atoms with van der Waals surface area (Å²) in [6.45, 7) is 0.550. The number of carbonyl (C=O) groups is 1. The number of epoxide rings is 1. The van der Waals surface area contributed by atoms with Crippen LogP contribution >= 0.6 is 0 Å². The topological polar surface area (TPSA) is 58.7 Å². The maximum Gasteiger partial charge on any atom is 0.252 e. The summed E-state index contributed by atoms with van der Waals surface area (Å²) >= 11 is 0. The van der Waals surface area contributed by atoms with Gasteiger partial charge in [-0.05, 0) is 12.0 Å². The van der Waals surface area contributed by atoms with Gasteiger partial charge in [0.1, 0.15) is 0 Å². The van der Waals surface area contributed by atoms with Crippen molar-refractivity contribution in [2.45, 2.75) is 18.6 Å². The van der Waals surface area contributed by atoms with E-state index in [-0.39, 0.29) is 5.91 Å². The first-order valence-corrected chi connectivity index (χ1v) is 5.16. The lowest BCUT2D eigenvalue weighted by atomic mass is 10.1. The molecule has 1 heterocycles. The van der Waals surface area contributed by atoms with E-state index in [1.807, 2.05) is 30.3 Å². The van der Waals surface area contributed by atoms with E-state index in [2.05, 4.69) is 5.32 Å². The smallest absolute Gasteiger partial charge is 0.252 e. The largest absolute Gasteiger partial charge is 0.353 e. The first-order valence-electron chi connectivity index (χ1n) is 5.16. The molecule has 4 heteroatoms. The number of rotatable bonds is 5. The van der Waals surface area contributed by atoms with Gasteiger partial charge in [-0.2, -0.15) is 0 Å². The van der Waals surface area contributed by atoms with Crippen molar-refractivity contribution in [1.82, 2.24) is 5.32 Å². The summed E-state index contributed by atoms with van der Waals surface area (Å²) in [6, 6.07) is 9.87. The van der Waals surface area contributed by atoms with Crippen LogP contribution in [0.5, 0.6) is 0 Å². The van der Waals surface area contributed by atoms with Gasteiger partial charge in [-0.1, -0.05) is 30.3 Å². The highest BCUT2D eigenvalue weighted by molar-refractivity contribution is 5.88. The molecule has 1 aromatic carbocycles. The van der Waals surface area contributed by atoms with E-state index in [1.54, 1.807) is 6.29 Å². The molecule has 1 aromatic rings. The molecule has 1 radical (unpaired) electrons. The van der Waals surface area contributed by atoms with Crippen LogP contribution in [0.25, 0.3) is 0 Å². The fourth-order valence-corrected chi connectivity index (χ4v) is 1.48. The lowest BCUT2D eigenvalue weighted by Gasteiger charge is -2.02. The summed E-state index contributed by atoms with van der Waals surface area (Å²) in [6.07, 6.45) is 1.14. The molecule has 16 heavy (non-hydrogen) atoms. The molecule has 1 saturated heterocycles. The molecular weight excluding hydrogens is 206 g/mol. The third kappa shape index (κ3) is 2.67. The quantitative estimate of drug-likeness (QED) is 0.719. The van der Waals surface area contributed by atoms with Gasteiger partial charge in [0, 0.05) is 6.54 Å². The molecule has 0 aliphatic carbocycles. The highest BCUT2D eigenvalue weighted by Gasteiger charge is 2.45. The Hall–Kier alpha value is -1.68. The van der Waals surface area contributed by atoms with E-state index >= 15 is 0 Å². The van der Waals surface area contributed by atoms with Crippen LogP contribution in [-0.4, -0.2) is 30.9 Å². The first-order chi connectivity index (χ1) is 7.81. The Morgan fingerprint density at radius 3 is 2.75 bits per heavy atom. The van der Waals surface area contributed by atoms with Crippen molar-refractivity contribution in [3.05, 3.63) is 35.9 Å². The van der Waals surface area contributed by atoms with Gasteiger partial charge in [0.05, 0.1) is 0 Å². The van der Waals surface area contributed by atoms with Crippen LogP contribution in [0.15, 0.2) is 30.3 Å². The highest BCUT2D eigenvalue weighted by Crippen LogP contribution is 2.19. The summed E-state index contributed by atoms with van der Waals surface area (Å²) in [5.74, 6) is -0.232. The van der Waals surface area contributed by atoms with Gasteiger partial charge in [0.15, 0.2) is 12.2 Å². The van der Waals surface area contributed by atoms with Crippen molar-refractivity contribution in [3.63, 3.8) is 0 Å². The summed E-state index contributed by atoms with van der Waals surface area (Å²) < 4.78 is 4.80. The van der Waals surface area contributed by atoms with Crippen LogP contribution in [0, 0.1) is 0 Å². The van der Waals surface area contributed by atoms with Gasteiger partial charge in [-0.3, -0.25) is 9.59 Å². The number of ether oxygens (including phenoxy) is 1. The van der Waals surface area contributed by atoms with E-state index in [1.165, 1.54) is 0 Å². The monoisotopic (exact) mass is 218 g/mol. The second kappa shape index (κ2) is 4.90. The van der Waals surface area contributed by atoms with E-state index in [4.69, 9.17) is 4.74 Å². The minimum atomic E-state index is -0.656. The van der Waals surface area contributed by atoms with Crippen molar-refractivity contribution < 1.29 is 14.3 Å². The van der Waals surface area contributed by atoms with Gasteiger partial charge >= 0.3 is 0 Å². The standard InChI is InChI=1S/C12H12NO3/c14-8-10-11(16-10)12(15)13-7-6-9-4-2-1-3-5-9/h1-5,10-11H,6-7H2,(H,13,15). The molecule has 0 aromatic heterocycles. The Bertz CT molecular complexity index is 377. The minimum Gasteiger partial charge on any atom is -0.353 e. The van der Waals surface area contributed by atoms with Crippen LogP contribution in [0.4, 0.5) is 0 Å². The van der Waals surface area contributed by atoms with Crippen LogP contribution in [0.3, 0.4) is 0 Å². The van der Waals surface area contributed by atoms with Crippen LogP contribution < -0.4 is 5.32 Å². The number of benzene rings is 1. The fraction of sp³-hybridized carbons (Fsp3) is 0.333. The number of hydrogen-bond donors (Lipinski definition) is 1. The summed E-state index contributed by atoms with van der Waals surface area (Å²) in [4.78, 5) is 21.5. The van der Waals surface area contributed by atoms with Crippen molar-refractivity contribution in [2.24, 2.45) is 0 Å². The highest BCUT2D eigenvalue weighted by atomic mass is 16.6. The van der Waals surface area contributed by atoms with E-state index in [0.29, 0.717) is 6.54 Å². The van der Waals surface area contributed by atoms with Crippen LogP contribution in [0.1, 0.15) is 5.56 Å². The molecular formula is C12H12NO3. The molecule has 2 unspecified atom stereocenters. The summed E-state index contributed by atoms with van der Waals surface area (Å²) in [7, 11) is 0. The van der Waals surface area contributed by atoms with Crippen molar-refractivity contribution in [2.75, 3.05) is 6.54 Å². The van der Waals surface area contributed by atoms with Crippen molar-refractivity contribution in [3.8, 4) is 0 Å². The van der Waals surface area contributed by atoms with Crippen molar-refractivity contribution >= 4 is 12.2 Å². The average molecular weight is 218 g/mol. The second-order valence-electron chi connectivity index (χ2n) is 3.62. The molecule has 1 aliphatic rings. The molecule has 2 rings (SSSR count). The predicted octanol–water partition coefficient (Wildman–Crippen LogP) is 0.222. The Morgan fingerprint density at radius 1 is 1.38 bits per heavy atom. The Balaban J connectivity index is 1.69. The molecule has 0 spiro atoms. The fourth-order valence-electron chi connectivity index (χ4n) is 1.48. The van der Waals surface area contributed by atoms with Crippen LogP contribution in [0.2, 0.25) is 0 Å². The van der Waals surface area contributed by atoms with Gasteiger partial charge in [-0.25, -0.2) is 0 Å². The lowest BCUT2D eigenvalue weighted by molar-refractivity contribution is -0.122. The minimum absolute atomic E-state index is 0.232. The van der Waals surface area contributed by atoms with Gasteiger partial charge in [0.25, 0.3) is 5.91 Å². The van der Waals surface area contributed by atoms with E-state index < -0.39 is 12.2 Å². The Labute approximate surface area is 93.6 Å². The zero-order chi connectivity index (χ0) is 11.4. The van der Waals surface area contributed by atoms with E-state index in [9.17, 15) is 9.59 Å². The molecule has 0 saturated carbocycles. The molecule has 1 aliphatic heterocycles. The predicted molar refractivity (Wildman–Crippen MR) is 57.5 cm³/mol. The Kier molecular flexibility index (Phi) is 3.31. The third-order valence-corrected chi connectivity index (χ3v) is 2.42. The number of carbonyl (C=O) groups excluding carboxylic acids is 2. The molecule has 0 bridgehead atoms. The number of hydrogen-bond acceptors (Lipinski definition) is 3. The molecule has 4 nitrogen and oxygen atoms in total. The maximum atomic E-state index is 11.3.